The van der Waals surface area contributed by atoms with Crippen LogP contribution in [-0.2, 0) is 89.7 Å². The number of Topliss-reactive ketones (excluding diaryl/α,β-unsaturated/α-hetero) is 3. The van der Waals surface area contributed by atoms with E-state index in [4.69, 9.17) is 43.5 Å². The molecular formula is C78H115N7O25. The van der Waals surface area contributed by atoms with Crippen molar-refractivity contribution >= 4 is 100 Å². The van der Waals surface area contributed by atoms with Crippen LogP contribution in [0.4, 0.5) is 36.2 Å². The molecule has 0 unspecified atom stereocenters. The lowest BCUT2D eigenvalue weighted by molar-refractivity contribution is -0.384. The number of hydroxylamine groups is 2. The Balaban J connectivity index is 0.000000764. The number of alkyl carbamates (subject to hydrolysis) is 3. The van der Waals surface area contributed by atoms with E-state index in [9.17, 15) is 77.2 Å². The number of nitrogens with zero attached hydrogens (tertiary/aromatic N) is 2. The number of nitrogens with one attached hydrogen (secondary N) is 5. The van der Waals surface area contributed by atoms with Crippen LogP contribution in [-0.4, -0.2) is 144 Å². The van der Waals surface area contributed by atoms with Gasteiger partial charge in [0.25, 0.3) is 17.5 Å². The van der Waals surface area contributed by atoms with E-state index in [1.807, 2.05) is 13.8 Å². The van der Waals surface area contributed by atoms with Crippen molar-refractivity contribution in [2.45, 2.75) is 252 Å². The molecule has 0 aromatic heterocycles. The van der Waals surface area contributed by atoms with Crippen LogP contribution < -0.4 is 31.3 Å². The maximum atomic E-state index is 12.9. The van der Waals surface area contributed by atoms with Crippen LogP contribution in [0.1, 0.15) is 209 Å². The van der Waals surface area contributed by atoms with Crippen molar-refractivity contribution in [2.75, 3.05) is 10.6 Å². The zero-order chi connectivity index (χ0) is 84.7. The summed E-state index contributed by atoms with van der Waals surface area (Å²) in [7, 11) is 0. The van der Waals surface area contributed by atoms with Gasteiger partial charge in [0.05, 0.1) is 47.9 Å². The van der Waals surface area contributed by atoms with Crippen LogP contribution in [0.5, 0.6) is 5.75 Å². The summed E-state index contributed by atoms with van der Waals surface area (Å²) in [5, 5.41) is 42.3. The number of aliphatic hydroxyl groups is 1. The maximum Gasteiger partial charge on any atom is 0.514 e. The number of nitro groups is 1. The summed E-state index contributed by atoms with van der Waals surface area (Å²) < 4.78 is 30.8. The number of carbonyl (C=O) groups excluding carboxylic acids is 13. The molecule has 1 aliphatic heterocycles. The Hall–Kier alpha value is -10.4. The fraction of sp³-hybridized carbons (Fsp3) is 0.590. The van der Waals surface area contributed by atoms with Crippen molar-refractivity contribution in [3.05, 3.63) is 94.0 Å². The van der Waals surface area contributed by atoms with Gasteiger partial charge in [-0.25, -0.2) is 24.0 Å². The van der Waals surface area contributed by atoms with E-state index in [-0.39, 0.29) is 116 Å². The number of non-ortho nitro benzene ring substituents is 1. The minimum atomic E-state index is -1.03. The first-order valence-electron chi connectivity index (χ1n) is 36.1. The van der Waals surface area contributed by atoms with E-state index in [2.05, 4.69) is 26.6 Å². The van der Waals surface area contributed by atoms with E-state index < -0.39 is 123 Å². The number of aliphatic carboxylic acids is 1. The molecule has 0 spiro atoms. The third-order valence-corrected chi connectivity index (χ3v) is 15.2. The predicted molar refractivity (Wildman–Crippen MR) is 404 cm³/mol. The number of hydrogen-bond donors (Lipinski definition) is 7. The average molecular weight is 1550 g/mol. The van der Waals surface area contributed by atoms with Gasteiger partial charge in [0, 0.05) is 67.4 Å². The molecule has 0 aliphatic carbocycles. The van der Waals surface area contributed by atoms with Gasteiger partial charge in [0.2, 0.25) is 11.8 Å². The standard InChI is InChI=1S/C28H35N3O9.C21H32N2O5.C15H23NO6.C14H25NO5/c1-17(2)24(30-26(34)40-28(4,5)6)23(32)15-18(3)25(33)29-20-9-7-19(8-10-20)16-38-27(35)39-22-13-11-21(12-14-22)31(36)37;1-13(2)18(23-20(27)28-21(4,5)6)17(25)11-14(3)19(26)22-16-9-7-15(12-24)8-10-16;1-9(2)10(8-13(19)21-15(3,4)5)14(20)22-16-11(17)6-7-12(16)18;1-8(2)11(10(16)7-9(3)12(17)18)15-13(19)20-14(4,5)6/h7-14,17-18,24H,15-16H2,1-6H3,(H,29,33)(H,30,34);7-10,13-14,18,24H,11-12H2,1-6H3,(H,22,26)(H,23,27);9-10H,6-8H2,1-5H3;8-9,11H,7H2,1-6H3,(H,15,19)(H,17,18)/t18-,24+;14-,18+;10-;9-,11+/m1101/s1. The number of nitro benzene ring substituents is 1. The van der Waals surface area contributed by atoms with E-state index >= 15 is 0 Å². The Morgan fingerprint density at radius 2 is 0.827 bits per heavy atom. The summed E-state index contributed by atoms with van der Waals surface area (Å²) >= 11 is 0. The molecule has 3 aromatic carbocycles. The highest BCUT2D eigenvalue weighted by atomic mass is 16.7. The number of imide groups is 1. The van der Waals surface area contributed by atoms with Gasteiger partial charge in [-0.1, -0.05) is 100 Å². The Bertz CT molecular complexity index is 3600. The highest BCUT2D eigenvalue weighted by molar-refractivity contribution is 6.02. The average Bonchev–Trinajstić information content (AvgIpc) is 1.67. The summed E-state index contributed by atoms with van der Waals surface area (Å²) in [4.78, 5) is 183. The maximum absolute atomic E-state index is 12.9. The quantitative estimate of drug-likeness (QED) is 0.00814. The molecule has 110 heavy (non-hydrogen) atoms. The Kier molecular flexibility index (Phi) is 39.9. The molecule has 4 rings (SSSR count). The largest absolute Gasteiger partial charge is 0.514 e. The number of anilines is 2. The lowest BCUT2D eigenvalue weighted by Crippen LogP contribution is -2.47. The van der Waals surface area contributed by atoms with Gasteiger partial charge < -0.3 is 70.1 Å². The lowest BCUT2D eigenvalue weighted by Gasteiger charge is -2.25. The number of ether oxygens (including phenoxy) is 6. The fourth-order valence-corrected chi connectivity index (χ4v) is 9.50. The molecule has 32 nitrogen and oxygen atoms in total. The number of carboxylic acids is 1. The number of hydrogen-bond acceptors (Lipinski definition) is 24. The first-order chi connectivity index (χ1) is 50.5. The Morgan fingerprint density at radius 1 is 0.482 bits per heavy atom. The van der Waals surface area contributed by atoms with Crippen LogP contribution in [0.2, 0.25) is 0 Å². The van der Waals surface area contributed by atoms with E-state index in [1.54, 1.807) is 187 Å². The summed E-state index contributed by atoms with van der Waals surface area (Å²) in [6.45, 7) is 39.7. The van der Waals surface area contributed by atoms with Crippen molar-refractivity contribution in [2.24, 2.45) is 47.3 Å². The highest BCUT2D eigenvalue weighted by Crippen LogP contribution is 2.25. The van der Waals surface area contributed by atoms with Gasteiger partial charge in [-0.3, -0.25) is 53.3 Å². The van der Waals surface area contributed by atoms with Gasteiger partial charge in [-0.05, 0) is 154 Å². The number of esters is 1. The van der Waals surface area contributed by atoms with Gasteiger partial charge in [-0.2, -0.15) is 0 Å². The van der Waals surface area contributed by atoms with Gasteiger partial charge in [0.15, 0.2) is 17.3 Å². The number of rotatable bonds is 30. The third kappa shape index (κ3) is 39.6. The van der Waals surface area contributed by atoms with Crippen LogP contribution in [0.15, 0.2) is 72.8 Å². The Labute approximate surface area is 643 Å². The predicted octanol–water partition coefficient (Wildman–Crippen LogP) is 12.5. The lowest BCUT2D eigenvalue weighted by atomic mass is 9.92. The van der Waals surface area contributed by atoms with Gasteiger partial charge >= 0.3 is 42.3 Å². The topological polar surface area (TPSA) is 451 Å². The summed E-state index contributed by atoms with van der Waals surface area (Å²) in [5.41, 5.74) is -0.363. The fourth-order valence-electron chi connectivity index (χ4n) is 9.50. The molecule has 1 aliphatic rings. The summed E-state index contributed by atoms with van der Waals surface area (Å²) in [6.07, 6.45) is -3.29. The van der Waals surface area contributed by atoms with Crippen LogP contribution >= 0.6 is 0 Å². The number of benzene rings is 3. The second-order valence-electron chi connectivity index (χ2n) is 31.7. The molecule has 7 amide bonds. The molecule has 1 saturated heterocycles. The molecule has 7 N–H and O–H groups in total. The second kappa shape index (κ2) is 44.9. The smallest absolute Gasteiger partial charge is 0.481 e. The zero-order valence-electron chi connectivity index (χ0n) is 67.6. The number of carbonyl (C=O) groups is 14. The minimum Gasteiger partial charge on any atom is -0.481 e. The molecule has 0 bridgehead atoms. The molecule has 1 fully saturated rings. The molecule has 612 valence electrons. The van der Waals surface area contributed by atoms with Gasteiger partial charge in [-0.15, -0.1) is 5.06 Å². The normalized spacial score (nSPS) is 14.1. The SMILES string of the molecule is CC(C)[C@H](CC(=O)OC(C)(C)C)C(=O)ON1C(=O)CCC1=O.CC(C)[C@H](NC(=O)OC(C)(C)C)C(=O)C[C@@H](C)C(=O)Nc1ccc(CO)cc1.CC(C)[C@H](NC(=O)OC(C)(C)C)C(=O)C[C@@H](C)C(=O)Nc1ccc(COC(=O)Oc2ccc([N+](=O)[O-])cc2)cc1.CC(C)[C@H](NC(=O)OC(C)(C)C)C(=O)C[C@@H](C)C(=O)O. The number of aliphatic hydroxyl groups excluding tert-OH is 1. The zero-order valence-corrected chi connectivity index (χ0v) is 67.6. The highest BCUT2D eigenvalue weighted by Gasteiger charge is 2.38. The van der Waals surface area contributed by atoms with Crippen molar-refractivity contribution < 1.29 is 116 Å². The molecule has 0 radical (unpaired) electrons. The van der Waals surface area contributed by atoms with Crippen molar-refractivity contribution in [3.8, 4) is 5.75 Å². The van der Waals surface area contributed by atoms with Crippen molar-refractivity contribution in [3.63, 3.8) is 0 Å². The molecule has 3 aromatic rings. The minimum absolute atomic E-state index is 0.000792. The van der Waals surface area contributed by atoms with E-state index in [0.29, 0.717) is 22.0 Å². The van der Waals surface area contributed by atoms with Gasteiger partial charge in [0.1, 0.15) is 34.8 Å². The Morgan fingerprint density at radius 3 is 1.14 bits per heavy atom. The third-order valence-electron chi connectivity index (χ3n) is 15.2. The van der Waals surface area contributed by atoms with Crippen LogP contribution in [0.3, 0.4) is 0 Å². The number of carboxylic acid groups (broad SMARTS) is 1. The van der Waals surface area contributed by atoms with E-state index in [1.165, 1.54) is 31.2 Å². The van der Waals surface area contributed by atoms with Crippen molar-refractivity contribution in [1.29, 1.82) is 0 Å². The van der Waals surface area contributed by atoms with Crippen molar-refractivity contribution in [1.82, 2.24) is 21.0 Å². The van der Waals surface area contributed by atoms with E-state index in [0.717, 1.165) is 5.56 Å². The molecule has 7 atom stereocenters. The van der Waals surface area contributed by atoms with Crippen LogP contribution in [0.25, 0.3) is 0 Å². The first-order valence-corrected chi connectivity index (χ1v) is 36.1. The van der Waals surface area contributed by atoms with Crippen LogP contribution in [0, 0.1) is 57.5 Å². The summed E-state index contributed by atoms with van der Waals surface area (Å²) in [6, 6.07) is 16.0. The monoisotopic (exact) mass is 1550 g/mol. The first kappa shape index (κ1) is 97.6. The molecule has 0 saturated carbocycles. The molecule has 1 heterocycles. The summed E-state index contributed by atoms with van der Waals surface area (Å²) in [5.74, 6) is -8.24. The number of amides is 7. The molecular weight excluding hydrogens is 1430 g/mol. The number of ketones is 3. The second-order valence-corrected chi connectivity index (χ2v) is 31.7. The molecule has 32 heteroatoms.